The summed E-state index contributed by atoms with van der Waals surface area (Å²) in [5, 5.41) is 14.7. The number of ether oxygens (including phenoxy) is 1. The Hall–Kier alpha value is -2.67. The van der Waals surface area contributed by atoms with E-state index in [1.807, 2.05) is 42.5 Å². The lowest BCUT2D eigenvalue weighted by Gasteiger charge is -2.23. The molecule has 1 aliphatic rings. The topological polar surface area (TPSA) is 105 Å². The summed E-state index contributed by atoms with van der Waals surface area (Å²) < 4.78 is 5.37. The number of esters is 1. The molecule has 0 bridgehead atoms. The van der Waals surface area contributed by atoms with Gasteiger partial charge in [0.05, 0.1) is 18.6 Å². The Morgan fingerprint density at radius 2 is 2.03 bits per heavy atom. The van der Waals surface area contributed by atoms with E-state index in [0.717, 1.165) is 5.56 Å². The molecular formula is C22H30N2O5. The minimum atomic E-state index is -0.556. The van der Waals surface area contributed by atoms with Crippen LogP contribution in [0.4, 0.5) is 0 Å². The van der Waals surface area contributed by atoms with Crippen LogP contribution in [0.1, 0.15) is 50.6 Å². The fraction of sp³-hybridized carbons (Fsp3) is 0.500. The Morgan fingerprint density at radius 3 is 2.76 bits per heavy atom. The van der Waals surface area contributed by atoms with Gasteiger partial charge in [-0.3, -0.25) is 14.4 Å². The van der Waals surface area contributed by atoms with Gasteiger partial charge < -0.3 is 20.5 Å². The number of carbonyl (C=O) groups is 3. The first-order valence-electron chi connectivity index (χ1n) is 10.1. The largest absolute Gasteiger partial charge is 0.463 e. The molecule has 0 aliphatic carbocycles. The maximum absolute atomic E-state index is 13.0. The van der Waals surface area contributed by atoms with Gasteiger partial charge in [0.25, 0.3) is 0 Å². The number of aliphatic hydroxyl groups excluding tert-OH is 1. The molecule has 7 nitrogen and oxygen atoms in total. The normalized spacial score (nSPS) is 22.3. The summed E-state index contributed by atoms with van der Waals surface area (Å²) in [6, 6.07) is 8.45. The van der Waals surface area contributed by atoms with Crippen molar-refractivity contribution in [2.24, 2.45) is 5.92 Å². The van der Waals surface area contributed by atoms with Crippen LogP contribution >= 0.6 is 0 Å². The van der Waals surface area contributed by atoms with Gasteiger partial charge in [-0.2, -0.15) is 0 Å². The van der Waals surface area contributed by atoms with E-state index in [-0.39, 0.29) is 43.5 Å². The predicted molar refractivity (Wildman–Crippen MR) is 109 cm³/mol. The number of nitrogens with one attached hydrogen (secondary N) is 2. The van der Waals surface area contributed by atoms with Crippen molar-refractivity contribution in [2.75, 3.05) is 13.2 Å². The highest BCUT2D eigenvalue weighted by atomic mass is 16.5. The van der Waals surface area contributed by atoms with Gasteiger partial charge in [0.1, 0.15) is 6.61 Å². The number of hydrogen-bond donors (Lipinski definition) is 3. The van der Waals surface area contributed by atoms with Gasteiger partial charge >= 0.3 is 5.97 Å². The minimum absolute atomic E-state index is 0.0157. The molecule has 1 aromatic rings. The quantitative estimate of drug-likeness (QED) is 0.516. The van der Waals surface area contributed by atoms with Crippen molar-refractivity contribution in [3.63, 3.8) is 0 Å². The van der Waals surface area contributed by atoms with E-state index in [4.69, 9.17) is 9.84 Å². The van der Waals surface area contributed by atoms with Gasteiger partial charge in [-0.1, -0.05) is 42.5 Å². The van der Waals surface area contributed by atoms with Gasteiger partial charge in [0, 0.05) is 18.9 Å². The molecule has 0 radical (unpaired) electrons. The average Bonchev–Trinajstić information content (AvgIpc) is 2.73. The highest BCUT2D eigenvalue weighted by Crippen LogP contribution is 2.18. The number of aliphatic hydroxyl groups is 1. The average molecular weight is 402 g/mol. The third kappa shape index (κ3) is 8.07. The second-order valence-electron chi connectivity index (χ2n) is 7.31. The molecule has 0 spiro atoms. The van der Waals surface area contributed by atoms with Crippen molar-refractivity contribution in [2.45, 2.75) is 51.1 Å². The maximum Gasteiger partial charge on any atom is 0.305 e. The third-order valence-electron chi connectivity index (χ3n) is 4.75. The van der Waals surface area contributed by atoms with Crippen molar-refractivity contribution >= 4 is 17.8 Å². The highest BCUT2D eigenvalue weighted by molar-refractivity contribution is 5.86. The zero-order valence-corrected chi connectivity index (χ0v) is 16.8. The van der Waals surface area contributed by atoms with Crippen LogP contribution < -0.4 is 10.6 Å². The molecule has 1 heterocycles. The molecule has 0 saturated heterocycles. The van der Waals surface area contributed by atoms with E-state index in [9.17, 15) is 14.4 Å². The van der Waals surface area contributed by atoms with Crippen LogP contribution in [0.2, 0.25) is 0 Å². The molecule has 0 unspecified atom stereocenters. The van der Waals surface area contributed by atoms with E-state index in [1.54, 1.807) is 6.92 Å². The number of cyclic esters (lactones) is 1. The Morgan fingerprint density at radius 1 is 1.28 bits per heavy atom. The number of benzene rings is 1. The van der Waals surface area contributed by atoms with Crippen LogP contribution in [0, 0.1) is 5.92 Å². The van der Waals surface area contributed by atoms with E-state index in [0.29, 0.717) is 25.7 Å². The van der Waals surface area contributed by atoms with Crippen LogP contribution in [0.5, 0.6) is 0 Å². The molecular weight excluding hydrogens is 372 g/mol. The zero-order valence-electron chi connectivity index (χ0n) is 16.8. The van der Waals surface area contributed by atoms with Gasteiger partial charge in [-0.15, -0.1) is 0 Å². The first-order chi connectivity index (χ1) is 14.0. The third-order valence-corrected chi connectivity index (χ3v) is 4.75. The monoisotopic (exact) mass is 402 g/mol. The minimum Gasteiger partial charge on any atom is -0.463 e. The second-order valence-corrected chi connectivity index (χ2v) is 7.31. The predicted octanol–water partition coefficient (Wildman–Crippen LogP) is 2.02. The van der Waals surface area contributed by atoms with E-state index < -0.39 is 12.0 Å². The van der Waals surface area contributed by atoms with Crippen LogP contribution in [0.25, 0.3) is 0 Å². The Labute approximate surface area is 171 Å². The summed E-state index contributed by atoms with van der Waals surface area (Å²) in [4.78, 5) is 37.2. The van der Waals surface area contributed by atoms with E-state index in [1.165, 1.54) is 0 Å². The lowest BCUT2D eigenvalue weighted by Crippen LogP contribution is -2.40. The fourth-order valence-electron chi connectivity index (χ4n) is 3.07. The smallest absolute Gasteiger partial charge is 0.305 e. The molecule has 29 heavy (non-hydrogen) atoms. The SMILES string of the molecule is C[C@@H](CO)NC(=O)C[C@H]1CC=CCCCC(=O)OC[C@@H](c2ccccc2)NC1=O. The first kappa shape index (κ1) is 22.6. The lowest BCUT2D eigenvalue weighted by atomic mass is 9.97. The van der Waals surface area contributed by atoms with Crippen LogP contribution in [-0.2, 0) is 19.1 Å². The molecule has 7 heteroatoms. The number of allylic oxidation sites excluding steroid dienone is 2. The summed E-state index contributed by atoms with van der Waals surface area (Å²) in [5.74, 6) is -1.40. The standard InChI is InChI=1S/C22H30N2O5/c1-16(14-25)23-20(26)13-18-11-5-2-3-8-12-21(27)29-15-19(24-22(18)28)17-9-6-4-7-10-17/h2,4-7,9-10,16,18-19,25H,3,8,11-15H2,1H3,(H,23,26)(H,24,28)/t16-,18+,19-/m0/s1. The second kappa shape index (κ2) is 12.0. The van der Waals surface area contributed by atoms with Crippen LogP contribution in [0.3, 0.4) is 0 Å². The van der Waals surface area contributed by atoms with Crippen molar-refractivity contribution in [3.8, 4) is 0 Å². The summed E-state index contributed by atoms with van der Waals surface area (Å²) >= 11 is 0. The molecule has 0 aromatic heterocycles. The highest BCUT2D eigenvalue weighted by Gasteiger charge is 2.25. The van der Waals surface area contributed by atoms with Crippen LogP contribution in [-0.4, -0.2) is 42.1 Å². The fourth-order valence-corrected chi connectivity index (χ4v) is 3.07. The van der Waals surface area contributed by atoms with E-state index in [2.05, 4.69) is 10.6 Å². The zero-order chi connectivity index (χ0) is 21.1. The summed E-state index contributed by atoms with van der Waals surface area (Å²) in [6.45, 7) is 1.58. The molecule has 2 amide bonds. The van der Waals surface area contributed by atoms with E-state index >= 15 is 0 Å². The van der Waals surface area contributed by atoms with Gasteiger partial charge in [0.15, 0.2) is 0 Å². The molecule has 3 atom stereocenters. The summed E-state index contributed by atoms with van der Waals surface area (Å²) in [7, 11) is 0. The van der Waals surface area contributed by atoms with Gasteiger partial charge in [-0.25, -0.2) is 0 Å². The van der Waals surface area contributed by atoms with Crippen LogP contribution in [0.15, 0.2) is 42.5 Å². The maximum atomic E-state index is 13.0. The molecule has 0 fully saturated rings. The molecule has 158 valence electrons. The van der Waals surface area contributed by atoms with Crippen molar-refractivity contribution in [1.29, 1.82) is 0 Å². The number of carbonyl (C=O) groups excluding carboxylic acids is 3. The molecule has 2 rings (SSSR count). The molecule has 1 aliphatic heterocycles. The van der Waals surface area contributed by atoms with Crippen molar-refractivity contribution < 1.29 is 24.2 Å². The van der Waals surface area contributed by atoms with Crippen molar-refractivity contribution in [3.05, 3.63) is 48.0 Å². The lowest BCUT2D eigenvalue weighted by molar-refractivity contribution is -0.145. The molecule has 0 saturated carbocycles. The number of rotatable bonds is 5. The summed E-state index contributed by atoms with van der Waals surface area (Å²) in [5.41, 5.74) is 0.830. The molecule has 3 N–H and O–H groups in total. The van der Waals surface area contributed by atoms with Gasteiger partial charge in [-0.05, 0) is 31.7 Å². The Bertz CT molecular complexity index is 704. The number of amides is 2. The Kier molecular flexibility index (Phi) is 9.37. The van der Waals surface area contributed by atoms with Crippen molar-refractivity contribution in [1.82, 2.24) is 10.6 Å². The summed E-state index contributed by atoms with van der Waals surface area (Å²) in [6.07, 6.45) is 5.95. The Balaban J connectivity index is 2.16. The molecule has 1 aromatic carbocycles. The van der Waals surface area contributed by atoms with Gasteiger partial charge in [0.2, 0.25) is 11.8 Å². The first-order valence-corrected chi connectivity index (χ1v) is 10.1. The number of hydrogen-bond acceptors (Lipinski definition) is 5.